The molecule has 3 aromatic rings. The van der Waals surface area contributed by atoms with Crippen LogP contribution in [0.2, 0.25) is 0 Å². The molecular formula is C109H208N9O10RbS8. The number of nitrogens with zero attached hydrogens (tertiary/aromatic N) is 7. The second-order valence-electron chi connectivity index (χ2n) is 42.7. The number of hydrogen-bond acceptors (Lipinski definition) is 20. The summed E-state index contributed by atoms with van der Waals surface area (Å²) in [6.07, 6.45) is 9.14. The van der Waals surface area contributed by atoms with Crippen LogP contribution >= 0.6 is 64.8 Å². The van der Waals surface area contributed by atoms with Gasteiger partial charge in [-0.15, -0.1) is 23.0 Å². The second kappa shape index (κ2) is 85.9. The van der Waals surface area contributed by atoms with E-state index in [1.165, 1.54) is 16.2 Å². The van der Waals surface area contributed by atoms with Crippen molar-refractivity contribution in [2.24, 2.45) is 99.0 Å². The Kier molecular flexibility index (Phi) is 95.6. The quantitative estimate of drug-likeness (QED) is 0.0120. The first-order valence-corrected chi connectivity index (χ1v) is 60.3. The number of amides is 3. The topological polar surface area (TPSA) is 263 Å². The maximum atomic E-state index is 11.9. The molecule has 28 heteroatoms. The molecule has 3 amide bonds. The average Bonchev–Trinajstić information content (AvgIpc) is 1.73. The number of carboxylic acids is 1. The summed E-state index contributed by atoms with van der Waals surface area (Å²) in [5.41, 5.74) is 6.83. The van der Waals surface area contributed by atoms with Crippen LogP contribution in [0.5, 0.6) is 0 Å². The summed E-state index contributed by atoms with van der Waals surface area (Å²) >= 11 is 0. The number of likely N-dealkylation sites (tertiary alicyclic amines) is 1. The molecule has 2 heterocycles. The van der Waals surface area contributed by atoms with Crippen molar-refractivity contribution in [3.63, 3.8) is 0 Å². The fraction of sp³-hybridized carbons (Fsp3) is 0.780. The van der Waals surface area contributed by atoms with Gasteiger partial charge in [0.05, 0.1) is 16.3 Å². The molecule has 137 heavy (non-hydrogen) atoms. The number of aliphatic carboxylic acids is 1. The summed E-state index contributed by atoms with van der Waals surface area (Å²) in [4.78, 5) is 51.8. The Morgan fingerprint density at radius 1 is 0.577 bits per heavy atom. The third-order valence-electron chi connectivity index (χ3n) is 18.7. The van der Waals surface area contributed by atoms with Gasteiger partial charge in [-0.25, -0.2) is 26.9 Å². The van der Waals surface area contributed by atoms with Crippen molar-refractivity contribution in [3.05, 3.63) is 88.4 Å². The number of carbonyl (C=O) groups excluding carboxylic acids is 3. The van der Waals surface area contributed by atoms with E-state index in [0.717, 1.165) is 62.3 Å². The minimum absolute atomic E-state index is 0. The van der Waals surface area contributed by atoms with E-state index >= 15 is 0 Å². The van der Waals surface area contributed by atoms with Crippen LogP contribution in [-0.2, 0) is 43.9 Å². The number of imide groups is 1. The standard InChI is InChI=1S/C13H20O2S.C12H18NO2S.C10H17NO2.C10H21NO2.C9H18N2O.C9H20S2.C8H15N3.C8H18S2.C8H16.C8H14.C7H15NO.C7H16S2.Rb/c1-10(2)9-16(14,15)13-7-5-12(6-8-13)11(3)4;1-9(2)11-5-7-12(8-6-11)16(14,15)13-10(3)4;1-6(2)8-5-9(12)11(7(3)4)10(8)13;1-7(2)9(5-10(12)13)6-11-8(3)4;1-6(2)8(5)10-11-9(12)7(3)4;1-7(2)9(5,6)11-10-8(3)4;1-6(2)8-5-11(7(3)4)10-9-8;1-6(2)8(5)10-9-7(3)4;2*1-7(2)5-6-8(3)4;2*1-6(2)5-8-9-7(3)4;/h5-8,10-11H,9H2,1-4H3;5-10H,1-4H3;6-8H,5H2,1-4H3;7-9,11H,5-6H2,1-4H3,(H,12,13);6-7H,1-5H3,(H,11,12);7-8H,1-6H3;5-7H,1-4H3;6-8H,1-5H3;5-8H,1-4H3;7-8H,1-4H3;5-7H,1-4H3;6-7H,5H2,1-4H3;/q;-1;;;;;;;;;;;+1/b;;;;10-8+;;;;6-5+;;;;. The molecule has 0 radical (unpaired) electrons. The summed E-state index contributed by atoms with van der Waals surface area (Å²) in [5.74, 6) is 14.9. The number of nitrogens with one attached hydrogen (secondary N) is 2. The van der Waals surface area contributed by atoms with Gasteiger partial charge >= 0.3 is 64.2 Å². The van der Waals surface area contributed by atoms with Crippen molar-refractivity contribution in [2.75, 3.05) is 18.1 Å². The van der Waals surface area contributed by atoms with E-state index < -0.39 is 25.8 Å². The predicted molar refractivity (Wildman–Crippen MR) is 612 cm³/mol. The summed E-state index contributed by atoms with van der Waals surface area (Å²) in [5, 5.41) is 30.7. The third-order valence-corrected chi connectivity index (χ3v) is 33.5. The van der Waals surface area contributed by atoms with Gasteiger partial charge in [0.1, 0.15) is 16.1 Å². The molecule has 19 nitrogen and oxygen atoms in total. The normalized spacial score (nSPS) is 13.4. The van der Waals surface area contributed by atoms with E-state index in [0.29, 0.717) is 87.3 Å². The molecule has 3 unspecified atom stereocenters. The Labute approximate surface area is 919 Å². The first-order chi connectivity index (χ1) is 62.0. The molecule has 3 N–H and O–H groups in total. The minimum Gasteiger partial charge on any atom is -0.542 e. The fourth-order valence-corrected chi connectivity index (χ4v) is 19.3. The molecule has 1 saturated heterocycles. The minimum atomic E-state index is -3.48. The van der Waals surface area contributed by atoms with Crippen LogP contribution in [0.25, 0.3) is 4.72 Å². The molecule has 1 fully saturated rings. The number of aromatic nitrogens is 3. The summed E-state index contributed by atoms with van der Waals surface area (Å²) in [6.45, 7) is 110. The van der Waals surface area contributed by atoms with Crippen LogP contribution in [0.3, 0.4) is 0 Å². The number of carbonyl (C=O) groups is 4. The monoisotopic (exact) mass is 2140 g/mol. The van der Waals surface area contributed by atoms with E-state index in [9.17, 15) is 36.0 Å². The Balaban J connectivity index is -0.000000187. The van der Waals surface area contributed by atoms with Gasteiger partial charge in [-0.1, -0.05) is 409 Å². The number of benzene rings is 2. The van der Waals surface area contributed by atoms with Crippen molar-refractivity contribution in [3.8, 4) is 11.8 Å². The van der Waals surface area contributed by atoms with Gasteiger partial charge in [0.2, 0.25) is 17.7 Å². The number of sulfonamides is 1. The molecule has 0 saturated carbocycles. The number of oxime groups is 1. The first kappa shape index (κ1) is 153. The smallest absolute Gasteiger partial charge is 0.542 e. The van der Waals surface area contributed by atoms with Crippen LogP contribution in [0, 0.1) is 101 Å². The molecule has 2 aromatic carbocycles. The molecule has 0 spiro atoms. The maximum absolute atomic E-state index is 11.9. The molecule has 1 aliphatic rings. The zero-order valence-corrected chi connectivity index (χ0v) is 109. The van der Waals surface area contributed by atoms with Crippen LogP contribution in [0.4, 0.5) is 0 Å². The molecule has 3 atom stereocenters. The van der Waals surface area contributed by atoms with Gasteiger partial charge in [-0.2, -0.15) is 5.10 Å². The zero-order chi connectivity index (χ0) is 108. The molecular weight excluding hydrogens is 1940 g/mol. The zero-order valence-electron chi connectivity index (χ0n) is 97.1. The van der Waals surface area contributed by atoms with Crippen LogP contribution in [-0.4, -0.2) is 145 Å². The number of sulfone groups is 1. The largest absolute Gasteiger partial charge is 1.00 e. The fourth-order valence-electron chi connectivity index (χ4n) is 9.05. The van der Waals surface area contributed by atoms with Crippen molar-refractivity contribution in [1.82, 2.24) is 30.6 Å². The van der Waals surface area contributed by atoms with Gasteiger partial charge in [0.15, 0.2) is 9.84 Å². The number of hydrogen-bond donors (Lipinski definition) is 3. The van der Waals surface area contributed by atoms with Crippen LogP contribution < -0.4 is 68.9 Å². The van der Waals surface area contributed by atoms with E-state index in [-0.39, 0.29) is 141 Å². The van der Waals surface area contributed by atoms with Crippen molar-refractivity contribution in [1.29, 1.82) is 0 Å². The predicted octanol–water partition coefficient (Wildman–Crippen LogP) is 29.1. The Morgan fingerprint density at radius 2 is 1.02 bits per heavy atom. The van der Waals surface area contributed by atoms with E-state index in [1.807, 2.05) is 190 Å². The second-order valence-corrected chi connectivity index (χ2v) is 56.1. The van der Waals surface area contributed by atoms with Gasteiger partial charge in [-0.05, 0) is 187 Å². The SMILES string of the molecule is C/C(=N\NC(=O)C(C)C)C(C)C.CC(C)/C=C/C(C)C.CC(C)C#CC(C)C.CC(C)C1CC(=O)N(C(C)C)C1=O.CC(C)C=NOC(C)C.CC(C)CS(=O)(=O)c1ccc(C(C)C)cc1.CC(C)CSSC(C)C.CC(C)NCC(CC(=O)O)C(C)C.CC(C)SSC(C)(C)C(C)C.CC(C)SSC(C)C(C)C.CC(C)[N-]S(=O)(=O)c1ccc(C(C)C)cc1.CC(C)c1cn(C(C)C)nn1.[Rb+]. The molecule has 798 valence electrons. The van der Waals surface area contributed by atoms with Crippen molar-refractivity contribution < 1.29 is 104 Å². The van der Waals surface area contributed by atoms with E-state index in [4.69, 9.17) is 9.94 Å². The molecule has 4 rings (SSSR count). The first-order valence-electron chi connectivity index (χ1n) is 50.3. The molecule has 0 aliphatic carbocycles. The average molecular weight is 2150 g/mol. The summed E-state index contributed by atoms with van der Waals surface area (Å²) < 4.78 is 53.4. The van der Waals surface area contributed by atoms with Crippen LogP contribution in [0.15, 0.2) is 86.9 Å². The van der Waals surface area contributed by atoms with Gasteiger partial charge in [-0.3, -0.25) is 24.1 Å². The maximum Gasteiger partial charge on any atom is 1.00 e. The molecule has 1 aliphatic heterocycles. The number of hydrazone groups is 1. The van der Waals surface area contributed by atoms with Gasteiger partial charge in [0.25, 0.3) is 0 Å². The Bertz CT molecular complexity index is 3740. The molecule has 0 bridgehead atoms. The van der Waals surface area contributed by atoms with Crippen molar-refractivity contribution in [2.45, 2.75) is 456 Å². The van der Waals surface area contributed by atoms with E-state index in [1.54, 1.807) is 44.3 Å². The Morgan fingerprint density at radius 3 is 1.30 bits per heavy atom. The van der Waals surface area contributed by atoms with Crippen molar-refractivity contribution >= 4 is 120 Å². The Hall–Kier alpha value is -2.17. The van der Waals surface area contributed by atoms with Gasteiger partial charge in [0, 0.05) is 109 Å². The van der Waals surface area contributed by atoms with E-state index in [2.05, 4.69) is 316 Å². The number of carboxylic acid groups (broad SMARTS) is 1. The van der Waals surface area contributed by atoms with Crippen LogP contribution in [0.1, 0.15) is 413 Å². The number of allylic oxidation sites excluding steroid dienone is 2. The summed E-state index contributed by atoms with van der Waals surface area (Å²) in [6, 6.07) is 14.8. The molecule has 1 aromatic heterocycles. The summed E-state index contributed by atoms with van der Waals surface area (Å²) in [7, 11) is 5.37. The number of rotatable bonds is 38. The van der Waals surface area contributed by atoms with Gasteiger partial charge < -0.3 is 20.0 Å². The third kappa shape index (κ3) is 93.4.